The van der Waals surface area contributed by atoms with Gasteiger partial charge in [0.15, 0.2) is 0 Å². The van der Waals surface area contributed by atoms with Gasteiger partial charge >= 0.3 is 0 Å². The van der Waals surface area contributed by atoms with Crippen LogP contribution in [0.2, 0.25) is 0 Å². The van der Waals surface area contributed by atoms with Crippen LogP contribution in [0.4, 0.5) is 0 Å². The van der Waals surface area contributed by atoms with Gasteiger partial charge in [0.2, 0.25) is 5.65 Å². The minimum atomic E-state index is -0.106. The van der Waals surface area contributed by atoms with Crippen LogP contribution in [0.15, 0.2) is 49.1 Å². The SMILES string of the molecule is CC(C)Cn1cnc2nnc3ccc(C(=O)NCCc4cccnc4)cc3c21. The first kappa shape index (κ1) is 18.0. The van der Waals surface area contributed by atoms with Gasteiger partial charge in [0.25, 0.3) is 5.91 Å². The Morgan fingerprint density at radius 3 is 2.89 bits per heavy atom. The Kier molecular flexibility index (Phi) is 4.97. The summed E-state index contributed by atoms with van der Waals surface area (Å²) in [6.07, 6.45) is 6.09. The molecule has 0 fully saturated rings. The van der Waals surface area contributed by atoms with Gasteiger partial charge in [-0.3, -0.25) is 9.78 Å². The van der Waals surface area contributed by atoms with Crippen molar-refractivity contribution >= 4 is 28.0 Å². The molecule has 0 spiro atoms. The molecule has 0 saturated heterocycles. The predicted molar refractivity (Wildman–Crippen MR) is 108 cm³/mol. The van der Waals surface area contributed by atoms with E-state index < -0.39 is 0 Å². The highest BCUT2D eigenvalue weighted by Gasteiger charge is 2.13. The summed E-state index contributed by atoms with van der Waals surface area (Å²) < 4.78 is 2.08. The monoisotopic (exact) mass is 374 g/mol. The third-order valence-corrected chi connectivity index (χ3v) is 4.57. The molecule has 4 aromatic rings. The second-order valence-corrected chi connectivity index (χ2v) is 7.26. The number of hydrogen-bond acceptors (Lipinski definition) is 5. The highest BCUT2D eigenvalue weighted by atomic mass is 16.1. The number of amides is 1. The van der Waals surface area contributed by atoms with E-state index in [0.717, 1.165) is 34.9 Å². The van der Waals surface area contributed by atoms with Gasteiger partial charge in [0, 0.05) is 36.4 Å². The lowest BCUT2D eigenvalue weighted by Crippen LogP contribution is -2.25. The van der Waals surface area contributed by atoms with Gasteiger partial charge in [0.05, 0.1) is 17.4 Å². The highest BCUT2D eigenvalue weighted by molar-refractivity contribution is 6.05. The Labute approximate surface area is 162 Å². The molecule has 4 rings (SSSR count). The van der Waals surface area contributed by atoms with Gasteiger partial charge in [-0.2, -0.15) is 0 Å². The molecular formula is C21H22N6O. The number of benzene rings is 1. The number of hydrogen-bond donors (Lipinski definition) is 1. The standard InChI is InChI=1S/C21H22N6O/c1-14(2)12-27-13-24-20-19(27)17-10-16(5-6-18(17)25-26-20)21(28)23-9-7-15-4-3-8-22-11-15/h3-6,8,10-11,13-14H,7,9,12H2,1-2H3,(H,23,28). The second-order valence-electron chi connectivity index (χ2n) is 7.26. The van der Waals surface area contributed by atoms with Crippen molar-refractivity contribution in [3.8, 4) is 0 Å². The van der Waals surface area contributed by atoms with E-state index in [0.29, 0.717) is 23.7 Å². The molecule has 0 atom stereocenters. The van der Waals surface area contributed by atoms with Crippen LogP contribution in [0.3, 0.4) is 0 Å². The van der Waals surface area contributed by atoms with Gasteiger partial charge in [-0.15, -0.1) is 10.2 Å². The molecule has 1 N–H and O–H groups in total. The molecule has 1 aromatic carbocycles. The van der Waals surface area contributed by atoms with E-state index in [9.17, 15) is 4.79 Å². The molecule has 0 aliphatic rings. The third kappa shape index (κ3) is 3.69. The van der Waals surface area contributed by atoms with Gasteiger partial charge in [-0.05, 0) is 42.2 Å². The smallest absolute Gasteiger partial charge is 0.251 e. The summed E-state index contributed by atoms with van der Waals surface area (Å²) in [5, 5.41) is 12.3. The van der Waals surface area contributed by atoms with Crippen molar-refractivity contribution in [1.82, 2.24) is 30.0 Å². The number of nitrogens with one attached hydrogen (secondary N) is 1. The summed E-state index contributed by atoms with van der Waals surface area (Å²) in [7, 11) is 0. The Morgan fingerprint density at radius 2 is 2.11 bits per heavy atom. The molecule has 0 radical (unpaired) electrons. The fourth-order valence-electron chi connectivity index (χ4n) is 3.28. The molecular weight excluding hydrogens is 352 g/mol. The van der Waals surface area contributed by atoms with Crippen molar-refractivity contribution in [1.29, 1.82) is 0 Å². The maximum Gasteiger partial charge on any atom is 0.251 e. The van der Waals surface area contributed by atoms with E-state index in [1.165, 1.54) is 0 Å². The largest absolute Gasteiger partial charge is 0.352 e. The van der Waals surface area contributed by atoms with E-state index in [4.69, 9.17) is 0 Å². The Morgan fingerprint density at radius 1 is 1.21 bits per heavy atom. The second kappa shape index (κ2) is 7.72. The normalized spacial score (nSPS) is 11.4. The van der Waals surface area contributed by atoms with Crippen LogP contribution in [0.5, 0.6) is 0 Å². The minimum Gasteiger partial charge on any atom is -0.352 e. The van der Waals surface area contributed by atoms with Gasteiger partial charge in [-0.1, -0.05) is 19.9 Å². The zero-order valence-corrected chi connectivity index (χ0v) is 16.0. The number of carbonyl (C=O) groups is 1. The molecule has 0 unspecified atom stereocenters. The number of pyridine rings is 1. The zero-order chi connectivity index (χ0) is 19.5. The molecule has 1 amide bonds. The van der Waals surface area contributed by atoms with Crippen LogP contribution in [0.25, 0.3) is 22.1 Å². The lowest BCUT2D eigenvalue weighted by Gasteiger charge is -2.10. The summed E-state index contributed by atoms with van der Waals surface area (Å²) in [5.74, 6) is 0.366. The topological polar surface area (TPSA) is 85.6 Å². The Balaban J connectivity index is 1.60. The summed E-state index contributed by atoms with van der Waals surface area (Å²) in [6, 6.07) is 9.40. The molecule has 0 bridgehead atoms. The molecule has 3 aromatic heterocycles. The molecule has 3 heterocycles. The van der Waals surface area contributed by atoms with Crippen LogP contribution >= 0.6 is 0 Å². The number of aromatic nitrogens is 5. The van der Waals surface area contributed by atoms with Crippen molar-refractivity contribution in [3.05, 3.63) is 60.2 Å². The van der Waals surface area contributed by atoms with Crippen LogP contribution in [-0.4, -0.2) is 37.2 Å². The summed E-state index contributed by atoms with van der Waals surface area (Å²) in [6.45, 7) is 5.70. The van der Waals surface area contributed by atoms with Crippen LogP contribution in [0.1, 0.15) is 29.8 Å². The highest BCUT2D eigenvalue weighted by Crippen LogP contribution is 2.23. The summed E-state index contributed by atoms with van der Waals surface area (Å²) in [4.78, 5) is 21.1. The zero-order valence-electron chi connectivity index (χ0n) is 16.0. The van der Waals surface area contributed by atoms with Crippen LogP contribution < -0.4 is 5.32 Å². The number of rotatable bonds is 6. The van der Waals surface area contributed by atoms with Gasteiger partial charge in [0.1, 0.15) is 0 Å². The lowest BCUT2D eigenvalue weighted by atomic mass is 10.1. The van der Waals surface area contributed by atoms with Crippen molar-refractivity contribution in [3.63, 3.8) is 0 Å². The van der Waals surface area contributed by atoms with E-state index in [2.05, 4.69) is 43.9 Å². The van der Waals surface area contributed by atoms with Crippen LogP contribution in [0, 0.1) is 5.92 Å². The van der Waals surface area contributed by atoms with E-state index in [1.807, 2.05) is 30.5 Å². The van der Waals surface area contributed by atoms with Crippen molar-refractivity contribution in [2.24, 2.45) is 5.92 Å². The van der Waals surface area contributed by atoms with E-state index in [1.54, 1.807) is 18.6 Å². The molecule has 7 heteroatoms. The molecule has 142 valence electrons. The first-order chi connectivity index (χ1) is 13.6. The Bertz CT molecular complexity index is 1120. The first-order valence-corrected chi connectivity index (χ1v) is 9.40. The fourth-order valence-corrected chi connectivity index (χ4v) is 3.28. The van der Waals surface area contributed by atoms with Crippen molar-refractivity contribution in [2.75, 3.05) is 6.54 Å². The van der Waals surface area contributed by atoms with Crippen LogP contribution in [-0.2, 0) is 13.0 Å². The molecule has 0 aliphatic carbocycles. The number of nitrogens with zero attached hydrogens (tertiary/aromatic N) is 5. The quantitative estimate of drug-likeness (QED) is 0.561. The van der Waals surface area contributed by atoms with Crippen molar-refractivity contribution in [2.45, 2.75) is 26.8 Å². The number of imidazole rings is 1. The maximum absolute atomic E-state index is 12.6. The molecule has 7 nitrogen and oxygen atoms in total. The van der Waals surface area contributed by atoms with Gasteiger partial charge < -0.3 is 9.88 Å². The van der Waals surface area contributed by atoms with E-state index >= 15 is 0 Å². The minimum absolute atomic E-state index is 0.106. The number of carbonyl (C=O) groups excluding carboxylic acids is 1. The van der Waals surface area contributed by atoms with Gasteiger partial charge in [-0.25, -0.2) is 4.98 Å². The fraction of sp³-hybridized carbons (Fsp3) is 0.286. The van der Waals surface area contributed by atoms with Crippen molar-refractivity contribution < 1.29 is 4.79 Å². The summed E-state index contributed by atoms with van der Waals surface area (Å²) in [5.41, 5.74) is 3.97. The summed E-state index contributed by atoms with van der Waals surface area (Å²) >= 11 is 0. The molecule has 0 aliphatic heterocycles. The third-order valence-electron chi connectivity index (χ3n) is 4.57. The average molecular weight is 374 g/mol. The Hall–Kier alpha value is -3.35. The molecule has 0 saturated carbocycles. The molecule has 28 heavy (non-hydrogen) atoms. The van der Waals surface area contributed by atoms with E-state index in [-0.39, 0.29) is 5.91 Å². The lowest BCUT2D eigenvalue weighted by molar-refractivity contribution is 0.0954. The maximum atomic E-state index is 12.6. The first-order valence-electron chi connectivity index (χ1n) is 9.40. The average Bonchev–Trinajstić information content (AvgIpc) is 3.11. The predicted octanol–water partition coefficient (Wildman–Crippen LogP) is 3.00. The number of fused-ring (bicyclic) bond motifs is 3.